The Bertz CT molecular complexity index is 1960. The van der Waals surface area contributed by atoms with Crippen molar-refractivity contribution in [2.24, 2.45) is 0 Å². The number of carbonyl (C=O) groups is 1. The summed E-state index contributed by atoms with van der Waals surface area (Å²) in [5.74, 6) is -0.122. The van der Waals surface area contributed by atoms with Crippen LogP contribution < -0.4 is 25.2 Å². The molecule has 0 radical (unpaired) electrons. The number of methoxy groups -OCH3 is 2. The second-order valence-electron chi connectivity index (χ2n) is 12.3. The minimum absolute atomic E-state index is 0.0303. The number of rotatable bonds is 11. The highest BCUT2D eigenvalue weighted by Gasteiger charge is 2.29. The third kappa shape index (κ3) is 6.52. The summed E-state index contributed by atoms with van der Waals surface area (Å²) in [4.78, 5) is 40.8. The number of nitrogens with one attached hydrogen (secondary N) is 1. The molecule has 1 saturated heterocycles. The number of phenolic OH excluding ortho intramolecular Hbond substituents is 1. The van der Waals surface area contributed by atoms with E-state index in [1.54, 1.807) is 34.4 Å². The molecule has 0 unspecified atom stereocenters. The molecule has 1 atom stereocenters. The molecule has 6 rings (SSSR count). The van der Waals surface area contributed by atoms with Gasteiger partial charge in [0.2, 0.25) is 17.6 Å². The van der Waals surface area contributed by atoms with Gasteiger partial charge in [0.1, 0.15) is 28.9 Å². The van der Waals surface area contributed by atoms with E-state index >= 15 is 4.39 Å². The molecule has 0 aliphatic carbocycles. The van der Waals surface area contributed by atoms with Crippen LogP contribution in [0.1, 0.15) is 31.7 Å². The van der Waals surface area contributed by atoms with Crippen LogP contribution in [0.25, 0.3) is 22.2 Å². The van der Waals surface area contributed by atoms with Gasteiger partial charge >= 0.3 is 0 Å². The number of hydrogen-bond acceptors (Lipinski definition) is 10. The summed E-state index contributed by atoms with van der Waals surface area (Å²) < 4.78 is 35.0. The topological polar surface area (TPSA) is 136 Å². The molecular weight excluding hydrogens is 657 g/mol. The summed E-state index contributed by atoms with van der Waals surface area (Å²) in [7, 11) is 2.86. The van der Waals surface area contributed by atoms with Gasteiger partial charge in [0.25, 0.3) is 5.56 Å². The normalized spacial score (nSPS) is 16.3. The lowest BCUT2D eigenvalue weighted by Crippen LogP contribution is -2.53. The predicted octanol–water partition coefficient (Wildman–Crippen LogP) is 4.22. The quantitative estimate of drug-likeness (QED) is 0.173. The van der Waals surface area contributed by atoms with Crippen molar-refractivity contribution in [3.8, 4) is 28.4 Å². The molecule has 2 aliphatic heterocycles. The fraction of sp³-hybridized carbons (Fsp3) is 0.471. The lowest BCUT2D eigenvalue weighted by molar-refractivity contribution is -0.116. The van der Waals surface area contributed by atoms with Crippen LogP contribution in [0.3, 0.4) is 0 Å². The first-order valence-electron chi connectivity index (χ1n) is 16.4. The number of aromatic nitrogens is 4. The monoisotopic (exact) mass is 697 g/mol. The van der Waals surface area contributed by atoms with Crippen LogP contribution in [-0.4, -0.2) is 94.7 Å². The average molecular weight is 698 g/mol. The summed E-state index contributed by atoms with van der Waals surface area (Å²) in [5.41, 5.74) is 1.63. The van der Waals surface area contributed by atoms with Gasteiger partial charge in [0.15, 0.2) is 11.5 Å². The first-order valence-corrected chi connectivity index (χ1v) is 16.7. The van der Waals surface area contributed by atoms with Gasteiger partial charge in [-0.3, -0.25) is 19.1 Å². The van der Waals surface area contributed by atoms with Crippen molar-refractivity contribution >= 4 is 40.0 Å². The number of nitrogens with zero attached hydrogens (tertiary/aromatic N) is 6. The van der Waals surface area contributed by atoms with Gasteiger partial charge in [-0.2, -0.15) is 4.39 Å². The number of hydrogen-bond donors (Lipinski definition) is 2. The number of carbonyl (C=O) groups excluding carboxylic acids is 1. The van der Waals surface area contributed by atoms with Gasteiger partial charge in [-0.05, 0) is 38.8 Å². The van der Waals surface area contributed by atoms with E-state index in [0.29, 0.717) is 72.1 Å². The van der Waals surface area contributed by atoms with E-state index in [-0.39, 0.29) is 46.1 Å². The SMILES string of the molecule is CCOCCN1CCN(c2cc(NC(=O)Cn3cc(-c4cc(C)c(O)c(OC)c4OC)c4c(=O)n5c(nc43)CCC5)c(Cl)c(F)n2)[C@@H](C)C1. The average Bonchev–Trinajstić information content (AvgIpc) is 3.70. The van der Waals surface area contributed by atoms with Crippen LogP contribution >= 0.6 is 11.6 Å². The Balaban J connectivity index is 1.33. The van der Waals surface area contributed by atoms with E-state index in [9.17, 15) is 14.7 Å². The first kappa shape index (κ1) is 34.5. The molecule has 262 valence electrons. The Hall–Kier alpha value is -4.40. The predicted molar refractivity (Wildman–Crippen MR) is 185 cm³/mol. The molecule has 0 saturated carbocycles. The maximum atomic E-state index is 15.1. The minimum atomic E-state index is -0.886. The van der Waals surface area contributed by atoms with Crippen molar-refractivity contribution in [3.63, 3.8) is 0 Å². The molecule has 1 amide bonds. The summed E-state index contributed by atoms with van der Waals surface area (Å²) in [5, 5.41) is 13.4. The Kier molecular flexibility index (Phi) is 10.00. The third-order valence-corrected chi connectivity index (χ3v) is 9.55. The second kappa shape index (κ2) is 14.2. The highest BCUT2D eigenvalue weighted by molar-refractivity contribution is 6.33. The van der Waals surface area contributed by atoms with Gasteiger partial charge in [-0.1, -0.05) is 11.6 Å². The Morgan fingerprint density at radius 1 is 1.14 bits per heavy atom. The highest BCUT2D eigenvalue weighted by atomic mass is 35.5. The molecule has 3 aromatic heterocycles. The van der Waals surface area contributed by atoms with Crippen molar-refractivity contribution in [3.05, 3.63) is 51.0 Å². The van der Waals surface area contributed by atoms with Gasteiger partial charge in [-0.15, -0.1) is 0 Å². The largest absolute Gasteiger partial charge is 0.504 e. The number of amides is 1. The number of benzene rings is 1. The van der Waals surface area contributed by atoms with Crippen molar-refractivity contribution in [1.82, 2.24) is 24.0 Å². The van der Waals surface area contributed by atoms with Crippen molar-refractivity contribution in [2.75, 3.05) is 63.8 Å². The van der Waals surface area contributed by atoms with Gasteiger partial charge in [0, 0.05) is 75.2 Å². The maximum absolute atomic E-state index is 15.1. The molecule has 13 nitrogen and oxygen atoms in total. The van der Waals surface area contributed by atoms with Gasteiger partial charge < -0.3 is 34.1 Å². The number of halogens is 2. The summed E-state index contributed by atoms with van der Waals surface area (Å²) in [6.07, 6.45) is 3.06. The molecule has 0 bridgehead atoms. The Morgan fingerprint density at radius 2 is 1.92 bits per heavy atom. The second-order valence-corrected chi connectivity index (χ2v) is 12.7. The van der Waals surface area contributed by atoms with Crippen LogP contribution in [0, 0.1) is 12.9 Å². The number of aromatic hydroxyl groups is 1. The number of fused-ring (bicyclic) bond motifs is 2. The summed E-state index contributed by atoms with van der Waals surface area (Å²) in [6, 6.07) is 3.32. The van der Waals surface area contributed by atoms with Crippen LogP contribution in [-0.2, 0) is 29.0 Å². The molecule has 15 heteroatoms. The fourth-order valence-electron chi connectivity index (χ4n) is 6.79. The van der Waals surface area contributed by atoms with E-state index in [1.807, 2.05) is 18.7 Å². The number of phenols is 1. The lowest BCUT2D eigenvalue weighted by Gasteiger charge is -2.40. The van der Waals surface area contributed by atoms with E-state index in [4.69, 9.17) is 30.8 Å². The van der Waals surface area contributed by atoms with E-state index in [2.05, 4.69) is 15.2 Å². The van der Waals surface area contributed by atoms with Gasteiger partial charge in [-0.25, -0.2) is 9.97 Å². The minimum Gasteiger partial charge on any atom is -0.504 e. The zero-order valence-corrected chi connectivity index (χ0v) is 29.1. The molecule has 49 heavy (non-hydrogen) atoms. The zero-order chi connectivity index (χ0) is 35.0. The van der Waals surface area contributed by atoms with E-state index in [0.717, 1.165) is 26.1 Å². The third-order valence-electron chi connectivity index (χ3n) is 9.19. The van der Waals surface area contributed by atoms with Crippen LogP contribution in [0.2, 0.25) is 5.02 Å². The lowest BCUT2D eigenvalue weighted by atomic mass is 10.0. The summed E-state index contributed by atoms with van der Waals surface area (Å²) in [6.45, 7) is 10.2. The number of piperazine rings is 1. The number of ether oxygens (including phenoxy) is 3. The van der Waals surface area contributed by atoms with Crippen molar-refractivity contribution < 1.29 is 28.5 Å². The molecular formula is C34H41ClFN7O6. The number of pyridine rings is 1. The van der Waals surface area contributed by atoms with Crippen LogP contribution in [0.5, 0.6) is 17.2 Å². The molecule has 5 heterocycles. The molecule has 1 fully saturated rings. The Morgan fingerprint density at radius 3 is 2.63 bits per heavy atom. The van der Waals surface area contributed by atoms with E-state index < -0.39 is 11.9 Å². The van der Waals surface area contributed by atoms with Gasteiger partial charge in [0.05, 0.1) is 31.9 Å². The number of aryl methyl sites for hydroxylation is 2. The maximum Gasteiger partial charge on any atom is 0.263 e. The standard InChI is InChI=1S/C34H41ClFN7O6/c1-6-49-13-12-40-10-11-42(20(3)16-40)25-15-23(28(35)32(36)38-25)37-26(44)18-41-17-22(21-14-19(2)29(45)31(48-5)30(21)47-4)27-33(41)39-24-8-7-9-43(24)34(27)46/h14-15,17,20,45H,6-13,16,18H2,1-5H3,(H,37,38,44)/t20-/m0/s1. The molecule has 0 spiro atoms. The number of anilines is 2. The smallest absolute Gasteiger partial charge is 0.263 e. The fourth-order valence-corrected chi connectivity index (χ4v) is 6.93. The summed E-state index contributed by atoms with van der Waals surface area (Å²) >= 11 is 6.33. The molecule has 4 aromatic rings. The zero-order valence-electron chi connectivity index (χ0n) is 28.3. The van der Waals surface area contributed by atoms with Crippen LogP contribution in [0.15, 0.2) is 23.1 Å². The Labute approximate surface area is 288 Å². The van der Waals surface area contributed by atoms with E-state index in [1.165, 1.54) is 14.2 Å². The van der Waals surface area contributed by atoms with Crippen molar-refractivity contribution in [1.29, 1.82) is 0 Å². The molecule has 1 aromatic carbocycles. The van der Waals surface area contributed by atoms with Crippen molar-refractivity contribution in [2.45, 2.75) is 52.7 Å². The van der Waals surface area contributed by atoms with Crippen LogP contribution in [0.4, 0.5) is 15.9 Å². The first-order chi connectivity index (χ1) is 23.6. The highest BCUT2D eigenvalue weighted by Crippen LogP contribution is 2.47. The molecule has 2 aliphatic rings. The molecule has 2 N–H and O–H groups in total.